The Morgan fingerprint density at radius 2 is 1.33 bits per heavy atom. The Labute approximate surface area is 162 Å². The third-order valence-corrected chi connectivity index (χ3v) is 5.49. The molecule has 0 aliphatic carbocycles. The second-order valence-corrected chi connectivity index (χ2v) is 7.48. The van der Waals surface area contributed by atoms with Gasteiger partial charge < -0.3 is 0 Å². The Bertz CT molecular complexity index is 992. The van der Waals surface area contributed by atoms with Gasteiger partial charge in [-0.25, -0.2) is 0 Å². The van der Waals surface area contributed by atoms with Crippen LogP contribution in [0.4, 0.5) is 0 Å². The summed E-state index contributed by atoms with van der Waals surface area (Å²) in [7, 11) is 0. The fourth-order valence-electron chi connectivity index (χ4n) is 3.97. The molecule has 0 fully saturated rings. The molecule has 27 heavy (non-hydrogen) atoms. The molecule has 0 aliphatic rings. The van der Waals surface area contributed by atoms with Crippen LogP contribution in [0.5, 0.6) is 0 Å². The van der Waals surface area contributed by atoms with Gasteiger partial charge in [-0.05, 0) is 59.6 Å². The van der Waals surface area contributed by atoms with E-state index < -0.39 is 0 Å². The van der Waals surface area contributed by atoms with Gasteiger partial charge in [0.15, 0.2) is 0 Å². The second-order valence-electron chi connectivity index (χ2n) is 7.48. The molecule has 0 radical (unpaired) electrons. The van der Waals surface area contributed by atoms with Crippen molar-refractivity contribution in [2.45, 2.75) is 32.1 Å². The van der Waals surface area contributed by atoms with Crippen LogP contribution < -0.4 is 0 Å². The average Bonchev–Trinajstić information content (AvgIpc) is 2.73. The predicted octanol–water partition coefficient (Wildman–Crippen LogP) is 7.11. The van der Waals surface area contributed by atoms with E-state index in [9.17, 15) is 0 Å². The van der Waals surface area contributed by atoms with Crippen molar-refractivity contribution in [3.63, 3.8) is 0 Å². The average molecular weight is 351 g/mol. The summed E-state index contributed by atoms with van der Waals surface area (Å²) in [5.74, 6) is 0.514. The molecule has 0 bridgehead atoms. The van der Waals surface area contributed by atoms with Gasteiger partial charge in [-0.15, -0.1) is 0 Å². The first kappa shape index (κ1) is 17.5. The molecule has 0 N–H and O–H groups in total. The van der Waals surface area contributed by atoms with E-state index in [-0.39, 0.29) is 0 Å². The molecule has 0 saturated heterocycles. The summed E-state index contributed by atoms with van der Waals surface area (Å²) in [6.07, 6.45) is 3.35. The quantitative estimate of drug-likeness (QED) is 0.348. The summed E-state index contributed by atoms with van der Waals surface area (Å²) < 4.78 is 0. The Balaban J connectivity index is 1.65. The zero-order chi connectivity index (χ0) is 18.5. The van der Waals surface area contributed by atoms with E-state index in [1.165, 1.54) is 33.0 Å². The minimum Gasteiger partial charge on any atom is -0.0622 e. The van der Waals surface area contributed by atoms with Crippen molar-refractivity contribution >= 4 is 10.8 Å². The van der Waals surface area contributed by atoms with Gasteiger partial charge in [0.1, 0.15) is 0 Å². The molecule has 0 amide bonds. The summed E-state index contributed by atoms with van der Waals surface area (Å²) in [6.45, 7) is 2.15. The number of fused-ring (bicyclic) bond motifs is 1. The van der Waals surface area contributed by atoms with Crippen molar-refractivity contribution in [1.29, 1.82) is 0 Å². The molecule has 0 aliphatic heterocycles. The number of hydrogen-bond donors (Lipinski definition) is 0. The molecule has 0 nitrogen and oxygen atoms in total. The smallest absolute Gasteiger partial charge is 0.0112 e. The minimum atomic E-state index is 0.514. The number of aryl methyl sites for hydroxylation is 2. The summed E-state index contributed by atoms with van der Waals surface area (Å²) in [6, 6.07) is 35.4. The fourth-order valence-corrected chi connectivity index (χ4v) is 3.97. The minimum absolute atomic E-state index is 0.514. The molecule has 0 aromatic heterocycles. The highest BCUT2D eigenvalue weighted by Gasteiger charge is 2.15. The molecule has 0 saturated carbocycles. The Morgan fingerprint density at radius 3 is 2.15 bits per heavy atom. The van der Waals surface area contributed by atoms with E-state index in [0.29, 0.717) is 5.92 Å². The van der Waals surface area contributed by atoms with Gasteiger partial charge >= 0.3 is 0 Å². The van der Waals surface area contributed by atoms with E-state index in [4.69, 9.17) is 0 Å². The standard InChI is InChI=1S/C27H26/c1-21-14-16-22(17-15-21)18-19-25(20-23-8-3-2-4-9-23)27-13-7-11-24-10-5-6-12-26(24)27/h2-17,25H,18-20H2,1H3. The molecule has 4 aromatic carbocycles. The van der Waals surface area contributed by atoms with E-state index in [1.807, 2.05) is 0 Å². The molecule has 4 aromatic rings. The lowest BCUT2D eigenvalue weighted by atomic mass is 9.84. The van der Waals surface area contributed by atoms with Crippen LogP contribution in [-0.4, -0.2) is 0 Å². The first-order valence-electron chi connectivity index (χ1n) is 9.87. The van der Waals surface area contributed by atoms with Crippen molar-refractivity contribution in [3.8, 4) is 0 Å². The Morgan fingerprint density at radius 1 is 0.630 bits per heavy atom. The first-order valence-corrected chi connectivity index (χ1v) is 9.87. The highest BCUT2D eigenvalue weighted by atomic mass is 14.2. The lowest BCUT2D eigenvalue weighted by Gasteiger charge is -2.20. The van der Waals surface area contributed by atoms with Crippen molar-refractivity contribution in [2.24, 2.45) is 0 Å². The molecule has 1 atom stereocenters. The maximum absolute atomic E-state index is 2.32. The van der Waals surface area contributed by atoms with Crippen LogP contribution >= 0.6 is 0 Å². The second kappa shape index (κ2) is 8.22. The van der Waals surface area contributed by atoms with Crippen LogP contribution in [0.25, 0.3) is 10.8 Å². The third-order valence-electron chi connectivity index (χ3n) is 5.49. The van der Waals surface area contributed by atoms with Gasteiger partial charge in [0.2, 0.25) is 0 Å². The molecule has 0 heteroatoms. The lowest BCUT2D eigenvalue weighted by Crippen LogP contribution is -2.06. The molecular formula is C27H26. The zero-order valence-corrected chi connectivity index (χ0v) is 15.9. The zero-order valence-electron chi connectivity index (χ0n) is 15.9. The summed E-state index contributed by atoms with van der Waals surface area (Å²) >= 11 is 0. The molecule has 1 unspecified atom stereocenters. The predicted molar refractivity (Wildman–Crippen MR) is 116 cm³/mol. The number of hydrogen-bond acceptors (Lipinski definition) is 0. The van der Waals surface area contributed by atoms with Gasteiger partial charge in [0.25, 0.3) is 0 Å². The van der Waals surface area contributed by atoms with Gasteiger partial charge in [0, 0.05) is 0 Å². The normalized spacial score (nSPS) is 12.2. The van der Waals surface area contributed by atoms with Crippen LogP contribution in [0, 0.1) is 6.92 Å². The summed E-state index contributed by atoms with van der Waals surface area (Å²) in [5, 5.41) is 2.73. The maximum Gasteiger partial charge on any atom is -0.0112 e. The fraction of sp³-hybridized carbons (Fsp3) is 0.185. The number of benzene rings is 4. The van der Waals surface area contributed by atoms with Gasteiger partial charge in [-0.3, -0.25) is 0 Å². The molecule has 4 rings (SSSR count). The van der Waals surface area contributed by atoms with Crippen molar-refractivity contribution in [3.05, 3.63) is 119 Å². The highest BCUT2D eigenvalue weighted by Crippen LogP contribution is 2.32. The van der Waals surface area contributed by atoms with Crippen LogP contribution in [0.2, 0.25) is 0 Å². The first-order chi connectivity index (χ1) is 13.3. The summed E-state index contributed by atoms with van der Waals surface area (Å²) in [4.78, 5) is 0. The summed E-state index contributed by atoms with van der Waals surface area (Å²) in [5.41, 5.74) is 5.65. The molecule has 0 heterocycles. The largest absolute Gasteiger partial charge is 0.0622 e. The highest BCUT2D eigenvalue weighted by molar-refractivity contribution is 5.86. The molecule has 134 valence electrons. The van der Waals surface area contributed by atoms with Crippen molar-refractivity contribution in [2.75, 3.05) is 0 Å². The van der Waals surface area contributed by atoms with Gasteiger partial charge in [-0.1, -0.05) is 103 Å². The monoisotopic (exact) mass is 350 g/mol. The van der Waals surface area contributed by atoms with Crippen LogP contribution in [0.15, 0.2) is 97.1 Å². The van der Waals surface area contributed by atoms with E-state index >= 15 is 0 Å². The van der Waals surface area contributed by atoms with Crippen LogP contribution in [0.3, 0.4) is 0 Å². The maximum atomic E-state index is 2.32. The van der Waals surface area contributed by atoms with Crippen LogP contribution in [-0.2, 0) is 12.8 Å². The van der Waals surface area contributed by atoms with Crippen molar-refractivity contribution < 1.29 is 0 Å². The SMILES string of the molecule is Cc1ccc(CCC(Cc2ccccc2)c2cccc3ccccc23)cc1. The number of rotatable bonds is 6. The van der Waals surface area contributed by atoms with E-state index in [2.05, 4.69) is 104 Å². The lowest BCUT2D eigenvalue weighted by molar-refractivity contribution is 0.625. The molecular weight excluding hydrogens is 324 g/mol. The topological polar surface area (TPSA) is 0 Å². The Kier molecular flexibility index (Phi) is 5.34. The van der Waals surface area contributed by atoms with E-state index in [1.54, 1.807) is 0 Å². The molecule has 0 spiro atoms. The van der Waals surface area contributed by atoms with Crippen molar-refractivity contribution in [1.82, 2.24) is 0 Å². The Hall–Kier alpha value is -2.86. The van der Waals surface area contributed by atoms with Crippen LogP contribution in [0.1, 0.15) is 34.6 Å². The van der Waals surface area contributed by atoms with E-state index in [0.717, 1.165) is 19.3 Å². The van der Waals surface area contributed by atoms with Gasteiger partial charge in [-0.2, -0.15) is 0 Å². The van der Waals surface area contributed by atoms with Gasteiger partial charge in [0.05, 0.1) is 0 Å². The third kappa shape index (κ3) is 4.28.